The number of ether oxygens (including phenoxy) is 5. The number of phenolic OH excluding ortho intramolecular Hbond substituents is 2. The number of phenols is 2. The van der Waals surface area contributed by atoms with Crippen LogP contribution in [0.2, 0.25) is 0 Å². The molecule has 0 saturated carbocycles. The summed E-state index contributed by atoms with van der Waals surface area (Å²) in [4.78, 5) is 39.5. The van der Waals surface area contributed by atoms with Crippen molar-refractivity contribution in [2.75, 3.05) is 27.9 Å². The van der Waals surface area contributed by atoms with E-state index >= 15 is 0 Å². The van der Waals surface area contributed by atoms with Crippen LogP contribution in [0.25, 0.3) is 55.7 Å². The zero-order valence-electron chi connectivity index (χ0n) is 30.8. The largest absolute Gasteiger partial charge is 0.507 e. The number of hydrogen-bond donors (Lipinski definition) is 6. The third kappa shape index (κ3) is 7.18. The number of aromatic hydroxyl groups is 2. The van der Waals surface area contributed by atoms with E-state index in [9.17, 15) is 39.9 Å². The summed E-state index contributed by atoms with van der Waals surface area (Å²) in [5.74, 6) is -0.651. The van der Waals surface area contributed by atoms with Crippen LogP contribution in [0, 0.1) is 0 Å². The Hall–Kier alpha value is -6.59. The van der Waals surface area contributed by atoms with Gasteiger partial charge in [0.25, 0.3) is 0 Å². The van der Waals surface area contributed by atoms with Gasteiger partial charge in [-0.1, -0.05) is 0 Å². The Kier molecular flexibility index (Phi) is 10.5. The summed E-state index contributed by atoms with van der Waals surface area (Å²) in [5, 5.41) is 55.8. The Morgan fingerprint density at radius 2 is 1.39 bits per heavy atom. The van der Waals surface area contributed by atoms with Gasteiger partial charge in [0.05, 0.1) is 33.5 Å². The highest BCUT2D eigenvalue weighted by atomic mass is 16.7. The van der Waals surface area contributed by atoms with Gasteiger partial charge >= 0.3 is 0 Å². The number of methoxy groups -OCH3 is 3. The van der Waals surface area contributed by atoms with Gasteiger partial charge in [-0.25, -0.2) is 0 Å². The van der Waals surface area contributed by atoms with E-state index in [-0.39, 0.29) is 67.6 Å². The van der Waals surface area contributed by atoms with E-state index in [0.29, 0.717) is 16.9 Å². The first kappa shape index (κ1) is 38.7. The van der Waals surface area contributed by atoms with Crippen molar-refractivity contribution in [3.8, 4) is 68.3 Å². The molecule has 1 saturated heterocycles. The summed E-state index contributed by atoms with van der Waals surface area (Å²) >= 11 is 0. The Bertz CT molecular complexity index is 2620. The topological polar surface area (TPSA) is 237 Å². The fourth-order valence-corrected chi connectivity index (χ4v) is 6.79. The number of aliphatic hydroxyl groups excluding tert-OH is 3. The molecule has 4 aromatic carbocycles. The number of hydrogen-bond acceptors (Lipinski definition) is 15. The fraction of sp³-hybridized carbons (Fsp3) is 0.244. The summed E-state index contributed by atoms with van der Waals surface area (Å²) < 4.78 is 41.1. The number of nitrogens with one attached hydrogen (secondary N) is 1. The normalized spacial score (nSPS) is 19.3. The first-order valence-electron chi connectivity index (χ1n) is 17.4. The molecular formula is C41H37NO15. The maximum absolute atomic E-state index is 13.9. The number of carbonyl (C=O) groups is 1. The van der Waals surface area contributed by atoms with E-state index in [1.54, 1.807) is 42.5 Å². The number of amides is 1. The highest BCUT2D eigenvalue weighted by molar-refractivity contribution is 6.01. The molecule has 7 rings (SSSR count). The smallest absolute Gasteiger partial charge is 0.223 e. The molecule has 0 spiro atoms. The minimum atomic E-state index is -1.69. The van der Waals surface area contributed by atoms with Crippen LogP contribution in [0.3, 0.4) is 0 Å². The molecule has 57 heavy (non-hydrogen) atoms. The van der Waals surface area contributed by atoms with Crippen LogP contribution in [0.15, 0.2) is 91.2 Å². The van der Waals surface area contributed by atoms with Crippen molar-refractivity contribution in [2.45, 2.75) is 37.6 Å². The van der Waals surface area contributed by atoms with Gasteiger partial charge in [-0.05, 0) is 42.5 Å². The second-order valence-electron chi connectivity index (χ2n) is 13.1. The lowest BCUT2D eigenvalue weighted by molar-refractivity contribution is -0.244. The summed E-state index contributed by atoms with van der Waals surface area (Å²) in [6, 6.07) is 16.2. The van der Waals surface area contributed by atoms with Gasteiger partial charge in [0.1, 0.15) is 86.7 Å². The van der Waals surface area contributed by atoms with Crippen molar-refractivity contribution in [2.24, 2.45) is 0 Å². The summed E-state index contributed by atoms with van der Waals surface area (Å²) in [6.45, 7) is 0.438. The number of rotatable bonds is 10. The molecule has 3 heterocycles. The third-order valence-corrected chi connectivity index (χ3v) is 9.59. The highest BCUT2D eigenvalue weighted by Crippen LogP contribution is 2.47. The van der Waals surface area contributed by atoms with Crippen molar-refractivity contribution in [3.05, 3.63) is 93.2 Å². The van der Waals surface area contributed by atoms with E-state index in [1.807, 2.05) is 0 Å². The second-order valence-corrected chi connectivity index (χ2v) is 13.1. The van der Waals surface area contributed by atoms with Crippen molar-refractivity contribution >= 4 is 27.8 Å². The van der Waals surface area contributed by atoms with Gasteiger partial charge in [0, 0.05) is 53.9 Å². The molecule has 1 aliphatic heterocycles. The minimum Gasteiger partial charge on any atom is -0.507 e. The second kappa shape index (κ2) is 15.5. The van der Waals surface area contributed by atoms with Crippen molar-refractivity contribution in [3.63, 3.8) is 0 Å². The Morgan fingerprint density at radius 3 is 2.04 bits per heavy atom. The Balaban J connectivity index is 1.50. The average molecular weight is 784 g/mol. The monoisotopic (exact) mass is 783 g/mol. The maximum atomic E-state index is 13.9. The summed E-state index contributed by atoms with van der Waals surface area (Å²) in [5.41, 5.74) is -0.422. The summed E-state index contributed by atoms with van der Waals surface area (Å²) in [7, 11) is 4.27. The van der Waals surface area contributed by atoms with E-state index in [0.717, 1.165) is 6.07 Å². The van der Waals surface area contributed by atoms with Crippen molar-refractivity contribution in [1.82, 2.24) is 5.32 Å². The van der Waals surface area contributed by atoms with Crippen LogP contribution in [-0.2, 0) is 9.53 Å². The highest BCUT2D eigenvalue weighted by Gasteiger charge is 2.46. The predicted octanol–water partition coefficient (Wildman–Crippen LogP) is 3.66. The van der Waals surface area contributed by atoms with Gasteiger partial charge in [-0.15, -0.1) is 0 Å². The van der Waals surface area contributed by atoms with E-state index in [4.69, 9.17) is 32.5 Å². The van der Waals surface area contributed by atoms with E-state index in [1.165, 1.54) is 52.5 Å². The predicted molar refractivity (Wildman–Crippen MR) is 204 cm³/mol. The van der Waals surface area contributed by atoms with Crippen LogP contribution >= 0.6 is 0 Å². The molecule has 2 aromatic heterocycles. The standard InChI is InChI=1S/C41H37NO15/c1-18(44)42-37-39(50)38(49)33(17-43)57-41(37)56-32-16-27(48)36-26(47)15-29(19-5-8-21(51-2)9-6-19)55-40(36)34(32)23-11-20(7-10-28(23)53-4)30-14-25(46)35-24(45)12-22(52-3)13-31(35)54-30/h5-16,33,37-39,41,43,45,48-50H,17H2,1-4H3,(H,42,44)/t33-,37-,38-,39-,41-/m1/s1. The minimum absolute atomic E-state index is 0.00254. The number of fused-ring (bicyclic) bond motifs is 2. The molecule has 0 aliphatic carbocycles. The number of aliphatic hydroxyl groups is 3. The molecule has 5 atom stereocenters. The molecular weight excluding hydrogens is 746 g/mol. The third-order valence-electron chi connectivity index (χ3n) is 9.59. The molecule has 1 fully saturated rings. The molecule has 1 aliphatic rings. The van der Waals surface area contributed by atoms with Gasteiger partial charge < -0.3 is 63.4 Å². The first-order chi connectivity index (χ1) is 27.3. The van der Waals surface area contributed by atoms with Gasteiger partial charge in [-0.3, -0.25) is 14.4 Å². The van der Waals surface area contributed by atoms with Gasteiger partial charge in [-0.2, -0.15) is 0 Å². The number of benzene rings is 4. The zero-order valence-corrected chi connectivity index (χ0v) is 30.8. The molecule has 6 N–H and O–H groups in total. The van der Waals surface area contributed by atoms with Crippen molar-refractivity contribution < 1.29 is 62.8 Å². The van der Waals surface area contributed by atoms with Gasteiger partial charge in [0.2, 0.25) is 12.2 Å². The van der Waals surface area contributed by atoms with E-state index in [2.05, 4.69) is 5.32 Å². The molecule has 296 valence electrons. The van der Waals surface area contributed by atoms with Gasteiger partial charge in [0.15, 0.2) is 16.4 Å². The summed E-state index contributed by atoms with van der Waals surface area (Å²) in [6.07, 6.45) is -6.28. The molecule has 6 aromatic rings. The first-order valence-corrected chi connectivity index (χ1v) is 17.4. The van der Waals surface area contributed by atoms with E-state index < -0.39 is 59.8 Å². The van der Waals surface area contributed by atoms with Crippen LogP contribution in [0.4, 0.5) is 0 Å². The van der Waals surface area contributed by atoms with Crippen LogP contribution < -0.4 is 35.1 Å². The molecule has 1 amide bonds. The Morgan fingerprint density at radius 1 is 0.737 bits per heavy atom. The Labute approximate surface area is 322 Å². The zero-order chi connectivity index (χ0) is 40.7. The van der Waals surface area contributed by atoms with Crippen LogP contribution in [-0.4, -0.2) is 90.0 Å². The lowest BCUT2D eigenvalue weighted by Gasteiger charge is -2.42. The molecule has 16 heteroatoms. The van der Waals surface area contributed by atoms with Crippen LogP contribution in [0.1, 0.15) is 6.92 Å². The number of carbonyl (C=O) groups excluding carboxylic acids is 1. The quantitative estimate of drug-likeness (QED) is 0.116. The molecule has 0 radical (unpaired) electrons. The lowest BCUT2D eigenvalue weighted by Crippen LogP contribution is -2.65. The van der Waals surface area contributed by atoms with Crippen molar-refractivity contribution in [1.29, 1.82) is 0 Å². The lowest BCUT2D eigenvalue weighted by atomic mass is 9.95. The maximum Gasteiger partial charge on any atom is 0.223 e. The molecule has 0 unspecified atom stereocenters. The molecule has 16 nitrogen and oxygen atoms in total. The van der Waals surface area contributed by atoms with Crippen LogP contribution in [0.5, 0.6) is 34.5 Å². The average Bonchev–Trinajstić information content (AvgIpc) is 3.19. The SMILES string of the molecule is COc1ccc(-c2cc(=O)c3c(O)cc(O[C@@H]4O[C@H](CO)[C@@H](O)[C@H](O)[C@H]4NC(C)=O)c(-c4cc(-c5cc(=O)c6c(O)cc(OC)cc6o5)ccc4OC)c3o2)cc1. The fourth-order valence-electron chi connectivity index (χ4n) is 6.79. The molecule has 0 bridgehead atoms.